The van der Waals surface area contributed by atoms with Crippen LogP contribution in [0, 0.1) is 5.92 Å². The van der Waals surface area contributed by atoms with Crippen LogP contribution in [-0.2, 0) is 4.74 Å². The summed E-state index contributed by atoms with van der Waals surface area (Å²) in [6, 6.07) is 0.505. The summed E-state index contributed by atoms with van der Waals surface area (Å²) in [5.74, 6) is 0.789. The summed E-state index contributed by atoms with van der Waals surface area (Å²) in [5, 5.41) is 3.52. The van der Waals surface area contributed by atoms with Crippen molar-refractivity contribution in [2.24, 2.45) is 5.92 Å². The van der Waals surface area contributed by atoms with Crippen LogP contribution in [0.4, 0.5) is 0 Å². The molecule has 0 spiro atoms. The van der Waals surface area contributed by atoms with Crippen LogP contribution in [0.15, 0.2) is 0 Å². The molecule has 0 aromatic rings. The van der Waals surface area contributed by atoms with Crippen molar-refractivity contribution >= 4 is 0 Å². The van der Waals surface area contributed by atoms with Gasteiger partial charge in [-0.2, -0.15) is 0 Å². The largest absolute Gasteiger partial charge is 0.374 e. The second-order valence-electron chi connectivity index (χ2n) is 5.81. The van der Waals surface area contributed by atoms with Crippen LogP contribution >= 0.6 is 0 Å². The van der Waals surface area contributed by atoms with Gasteiger partial charge in [0.1, 0.15) is 0 Å². The van der Waals surface area contributed by atoms with Crippen LogP contribution in [0.2, 0.25) is 0 Å². The molecule has 16 heavy (non-hydrogen) atoms. The maximum absolute atomic E-state index is 5.86. The summed E-state index contributed by atoms with van der Waals surface area (Å²) >= 11 is 0. The molecule has 0 aliphatic carbocycles. The molecule has 2 atom stereocenters. The molecule has 0 aliphatic heterocycles. The molecule has 0 aromatic heterocycles. The quantitative estimate of drug-likeness (QED) is 0.686. The molecular formula is C14H31NO. The summed E-state index contributed by atoms with van der Waals surface area (Å²) < 4.78 is 5.86. The van der Waals surface area contributed by atoms with Gasteiger partial charge in [-0.1, -0.05) is 33.6 Å². The van der Waals surface area contributed by atoms with Gasteiger partial charge in [-0.05, 0) is 39.7 Å². The fourth-order valence-corrected chi connectivity index (χ4v) is 1.95. The Labute approximate surface area is 102 Å². The number of nitrogens with one attached hydrogen (secondary N) is 1. The summed E-state index contributed by atoms with van der Waals surface area (Å²) in [6.45, 7) is 15.0. The van der Waals surface area contributed by atoms with Gasteiger partial charge in [0.2, 0.25) is 0 Å². The monoisotopic (exact) mass is 229 g/mol. The number of hydrogen-bond acceptors (Lipinski definition) is 2. The molecule has 0 saturated heterocycles. The number of hydrogen-bond donors (Lipinski definition) is 1. The van der Waals surface area contributed by atoms with Gasteiger partial charge in [0.15, 0.2) is 0 Å². The van der Waals surface area contributed by atoms with Crippen molar-refractivity contribution in [3.63, 3.8) is 0 Å². The Kier molecular flexibility index (Phi) is 8.04. The molecule has 2 nitrogen and oxygen atoms in total. The third kappa shape index (κ3) is 9.17. The van der Waals surface area contributed by atoms with Crippen LogP contribution in [0.1, 0.15) is 60.8 Å². The van der Waals surface area contributed by atoms with Gasteiger partial charge in [0, 0.05) is 6.04 Å². The first-order chi connectivity index (χ1) is 7.39. The van der Waals surface area contributed by atoms with Crippen molar-refractivity contribution in [2.45, 2.75) is 72.4 Å². The van der Waals surface area contributed by atoms with E-state index in [2.05, 4.69) is 46.9 Å². The first-order valence-corrected chi connectivity index (χ1v) is 6.76. The lowest BCUT2D eigenvalue weighted by molar-refractivity contribution is -0.0169. The van der Waals surface area contributed by atoms with Gasteiger partial charge >= 0.3 is 0 Å². The first kappa shape index (κ1) is 15.9. The normalized spacial score (nSPS) is 16.1. The molecule has 0 rings (SSSR count). The van der Waals surface area contributed by atoms with Crippen molar-refractivity contribution in [3.05, 3.63) is 0 Å². The van der Waals surface area contributed by atoms with E-state index in [1.54, 1.807) is 0 Å². The molecule has 2 heteroatoms. The average molecular weight is 229 g/mol. The minimum Gasteiger partial charge on any atom is -0.374 e. The molecular weight excluding hydrogens is 198 g/mol. The summed E-state index contributed by atoms with van der Waals surface area (Å²) in [6.07, 6.45) is 3.81. The Morgan fingerprint density at radius 2 is 1.81 bits per heavy atom. The average Bonchev–Trinajstić information content (AvgIpc) is 2.14. The van der Waals surface area contributed by atoms with Crippen molar-refractivity contribution < 1.29 is 4.74 Å². The third-order valence-electron chi connectivity index (χ3n) is 2.68. The highest BCUT2D eigenvalue weighted by molar-refractivity contribution is 4.71. The Hall–Kier alpha value is -0.0800. The Morgan fingerprint density at radius 3 is 2.25 bits per heavy atom. The zero-order valence-corrected chi connectivity index (χ0v) is 12.1. The lowest BCUT2D eigenvalue weighted by atomic mass is 9.97. The van der Waals surface area contributed by atoms with Gasteiger partial charge in [-0.3, -0.25) is 0 Å². The van der Waals surface area contributed by atoms with Crippen molar-refractivity contribution in [1.82, 2.24) is 5.32 Å². The van der Waals surface area contributed by atoms with Crippen molar-refractivity contribution in [2.75, 3.05) is 13.2 Å². The van der Waals surface area contributed by atoms with E-state index >= 15 is 0 Å². The molecule has 0 aromatic carbocycles. The Morgan fingerprint density at radius 1 is 1.19 bits per heavy atom. The number of likely N-dealkylation sites (N-methyl/N-ethyl adjacent to an activating group) is 1. The van der Waals surface area contributed by atoms with Crippen molar-refractivity contribution in [1.29, 1.82) is 0 Å². The molecule has 2 unspecified atom stereocenters. The second kappa shape index (κ2) is 8.08. The predicted molar refractivity (Wildman–Crippen MR) is 71.9 cm³/mol. The van der Waals surface area contributed by atoms with E-state index in [1.807, 2.05) is 0 Å². The standard InChI is InChI=1S/C14H31NO/c1-7-9-12(3)10-13(15-8-2)11-16-14(4,5)6/h12-13,15H,7-11H2,1-6H3. The van der Waals surface area contributed by atoms with E-state index in [-0.39, 0.29) is 5.60 Å². The van der Waals surface area contributed by atoms with Crippen LogP contribution in [0.25, 0.3) is 0 Å². The topological polar surface area (TPSA) is 21.3 Å². The molecule has 0 aliphatic rings. The molecule has 0 heterocycles. The SMILES string of the molecule is CCCC(C)CC(COC(C)(C)C)NCC. The molecule has 0 amide bonds. The van der Waals surface area contributed by atoms with E-state index in [1.165, 1.54) is 19.3 Å². The zero-order chi connectivity index (χ0) is 12.6. The van der Waals surface area contributed by atoms with E-state index < -0.39 is 0 Å². The van der Waals surface area contributed by atoms with Gasteiger partial charge < -0.3 is 10.1 Å². The van der Waals surface area contributed by atoms with Crippen LogP contribution in [0.5, 0.6) is 0 Å². The number of ether oxygens (including phenoxy) is 1. The van der Waals surface area contributed by atoms with E-state index in [4.69, 9.17) is 4.74 Å². The maximum Gasteiger partial charge on any atom is 0.0626 e. The summed E-state index contributed by atoms with van der Waals surface area (Å²) in [7, 11) is 0. The molecule has 1 N–H and O–H groups in total. The molecule has 0 bridgehead atoms. The van der Waals surface area contributed by atoms with Gasteiger partial charge in [0.25, 0.3) is 0 Å². The molecule has 0 radical (unpaired) electrons. The van der Waals surface area contributed by atoms with E-state index in [0.29, 0.717) is 6.04 Å². The van der Waals surface area contributed by atoms with Gasteiger partial charge in [0.05, 0.1) is 12.2 Å². The fraction of sp³-hybridized carbons (Fsp3) is 1.00. The minimum atomic E-state index is -0.0261. The van der Waals surface area contributed by atoms with Gasteiger partial charge in [-0.25, -0.2) is 0 Å². The predicted octanol–water partition coefficient (Wildman–Crippen LogP) is 3.61. The van der Waals surface area contributed by atoms with Crippen LogP contribution in [-0.4, -0.2) is 24.8 Å². The van der Waals surface area contributed by atoms with Crippen LogP contribution < -0.4 is 5.32 Å². The Balaban J connectivity index is 3.96. The molecule has 0 fully saturated rings. The number of rotatable bonds is 8. The smallest absolute Gasteiger partial charge is 0.0626 e. The van der Waals surface area contributed by atoms with Gasteiger partial charge in [-0.15, -0.1) is 0 Å². The summed E-state index contributed by atoms with van der Waals surface area (Å²) in [5.41, 5.74) is -0.0261. The fourth-order valence-electron chi connectivity index (χ4n) is 1.95. The highest BCUT2D eigenvalue weighted by Crippen LogP contribution is 2.15. The zero-order valence-electron chi connectivity index (χ0n) is 12.1. The van der Waals surface area contributed by atoms with Crippen LogP contribution in [0.3, 0.4) is 0 Å². The second-order valence-corrected chi connectivity index (χ2v) is 5.81. The lowest BCUT2D eigenvalue weighted by Crippen LogP contribution is -2.37. The highest BCUT2D eigenvalue weighted by Gasteiger charge is 2.16. The summed E-state index contributed by atoms with van der Waals surface area (Å²) in [4.78, 5) is 0. The maximum atomic E-state index is 5.86. The highest BCUT2D eigenvalue weighted by atomic mass is 16.5. The van der Waals surface area contributed by atoms with E-state index in [9.17, 15) is 0 Å². The minimum absolute atomic E-state index is 0.0261. The Bertz CT molecular complexity index is 163. The molecule has 0 saturated carbocycles. The third-order valence-corrected chi connectivity index (χ3v) is 2.68. The lowest BCUT2D eigenvalue weighted by Gasteiger charge is -2.26. The first-order valence-electron chi connectivity index (χ1n) is 6.76. The molecule has 98 valence electrons. The van der Waals surface area contributed by atoms with E-state index in [0.717, 1.165) is 19.1 Å². The van der Waals surface area contributed by atoms with Crippen molar-refractivity contribution in [3.8, 4) is 0 Å².